The lowest BCUT2D eigenvalue weighted by Crippen LogP contribution is -2.57. The number of nitrogens with zero attached hydrogens (tertiary/aromatic N) is 2. The van der Waals surface area contributed by atoms with E-state index in [1.54, 1.807) is 21.6 Å². The van der Waals surface area contributed by atoms with Crippen LogP contribution in [0, 0.1) is 6.92 Å². The lowest BCUT2D eigenvalue weighted by molar-refractivity contribution is -0.139. The van der Waals surface area contributed by atoms with Gasteiger partial charge in [0.1, 0.15) is 12.1 Å². The van der Waals surface area contributed by atoms with E-state index < -0.39 is 12.1 Å². The molecule has 3 saturated heterocycles. The minimum absolute atomic E-state index is 0.0407. The number of aryl methyl sites for hydroxylation is 1. The molecule has 4 rings (SSSR count). The molecule has 3 fully saturated rings. The van der Waals surface area contributed by atoms with Crippen LogP contribution >= 0.6 is 11.8 Å². The molecular weight excluding hydrogens is 362 g/mol. The smallest absolute Gasteiger partial charge is 0.249 e. The van der Waals surface area contributed by atoms with Crippen LogP contribution in [-0.4, -0.2) is 51.9 Å². The summed E-state index contributed by atoms with van der Waals surface area (Å²) in [6.07, 6.45) is 2.75. The standard InChI is InChI=1S/C20H25N3O3S/c1-13-5-7-14(8-6-13)22-11-3-4-15(19(22)26)21-18(25)16-12-27-20(2)10-9-17(24)23(16)20/h5-8,15-16H,3-4,9-12H2,1-2H3,(H,21,25). The summed E-state index contributed by atoms with van der Waals surface area (Å²) in [6, 6.07) is 6.86. The third kappa shape index (κ3) is 3.22. The molecule has 3 atom stereocenters. The average Bonchev–Trinajstić information content (AvgIpc) is 3.14. The van der Waals surface area contributed by atoms with E-state index in [0.717, 1.165) is 24.1 Å². The fourth-order valence-corrected chi connectivity index (χ4v) is 5.70. The van der Waals surface area contributed by atoms with Crippen LogP contribution in [0.4, 0.5) is 5.69 Å². The number of benzene rings is 1. The molecule has 27 heavy (non-hydrogen) atoms. The molecular formula is C20H25N3O3S. The van der Waals surface area contributed by atoms with E-state index in [9.17, 15) is 14.4 Å². The van der Waals surface area contributed by atoms with E-state index >= 15 is 0 Å². The Morgan fingerprint density at radius 1 is 1.26 bits per heavy atom. The summed E-state index contributed by atoms with van der Waals surface area (Å²) in [5.74, 6) is 0.362. The van der Waals surface area contributed by atoms with E-state index in [4.69, 9.17) is 0 Å². The molecule has 0 spiro atoms. The zero-order chi connectivity index (χ0) is 19.2. The maximum Gasteiger partial charge on any atom is 0.249 e. The van der Waals surface area contributed by atoms with E-state index in [2.05, 4.69) is 5.32 Å². The summed E-state index contributed by atoms with van der Waals surface area (Å²) in [7, 11) is 0. The first-order valence-corrected chi connectivity index (χ1v) is 10.5. The predicted molar refractivity (Wildman–Crippen MR) is 105 cm³/mol. The number of thioether (sulfide) groups is 1. The molecule has 1 aromatic rings. The van der Waals surface area contributed by atoms with Gasteiger partial charge in [0.05, 0.1) is 4.87 Å². The monoisotopic (exact) mass is 387 g/mol. The third-order valence-electron chi connectivity index (χ3n) is 5.85. The van der Waals surface area contributed by atoms with Crippen molar-refractivity contribution < 1.29 is 14.4 Å². The van der Waals surface area contributed by atoms with E-state index in [1.807, 2.05) is 38.1 Å². The molecule has 3 aliphatic rings. The SMILES string of the molecule is Cc1ccc(N2CCCC(NC(=O)C3CSC4(C)CCC(=O)N34)C2=O)cc1. The summed E-state index contributed by atoms with van der Waals surface area (Å²) in [6.45, 7) is 4.70. The lowest BCUT2D eigenvalue weighted by atomic mass is 10.0. The highest BCUT2D eigenvalue weighted by Gasteiger charge is 2.53. The molecule has 0 bridgehead atoms. The Hall–Kier alpha value is -2.02. The first kappa shape index (κ1) is 18.3. The molecule has 3 heterocycles. The minimum atomic E-state index is -0.526. The number of hydrogen-bond acceptors (Lipinski definition) is 4. The summed E-state index contributed by atoms with van der Waals surface area (Å²) in [4.78, 5) is 41.3. The highest BCUT2D eigenvalue weighted by Crippen LogP contribution is 2.47. The first-order valence-electron chi connectivity index (χ1n) is 9.54. The van der Waals surface area contributed by atoms with Gasteiger partial charge >= 0.3 is 0 Å². The molecule has 3 aliphatic heterocycles. The molecule has 1 aromatic carbocycles. The Bertz CT molecular complexity index is 781. The molecule has 6 nitrogen and oxygen atoms in total. The largest absolute Gasteiger partial charge is 0.342 e. The molecule has 3 unspecified atom stereocenters. The van der Waals surface area contributed by atoms with Crippen molar-refractivity contribution >= 4 is 35.2 Å². The Morgan fingerprint density at radius 3 is 2.74 bits per heavy atom. The number of hydrogen-bond donors (Lipinski definition) is 1. The van der Waals surface area contributed by atoms with Gasteiger partial charge in [-0.05, 0) is 45.2 Å². The van der Waals surface area contributed by atoms with Crippen molar-refractivity contribution in [3.63, 3.8) is 0 Å². The van der Waals surface area contributed by atoms with Crippen molar-refractivity contribution in [2.45, 2.75) is 56.5 Å². The molecule has 7 heteroatoms. The van der Waals surface area contributed by atoms with Gasteiger partial charge in [0.25, 0.3) is 0 Å². The zero-order valence-corrected chi connectivity index (χ0v) is 16.6. The van der Waals surface area contributed by atoms with Gasteiger partial charge in [-0.25, -0.2) is 0 Å². The molecule has 0 aromatic heterocycles. The van der Waals surface area contributed by atoms with Gasteiger partial charge in [-0.2, -0.15) is 0 Å². The topological polar surface area (TPSA) is 69.7 Å². The molecule has 0 saturated carbocycles. The Labute approximate surface area is 163 Å². The van der Waals surface area contributed by atoms with Crippen molar-refractivity contribution in [2.24, 2.45) is 0 Å². The van der Waals surface area contributed by atoms with Gasteiger partial charge in [0.15, 0.2) is 0 Å². The van der Waals surface area contributed by atoms with Gasteiger partial charge in [-0.1, -0.05) is 17.7 Å². The summed E-state index contributed by atoms with van der Waals surface area (Å²) in [5.41, 5.74) is 2.01. The summed E-state index contributed by atoms with van der Waals surface area (Å²) >= 11 is 1.67. The van der Waals surface area contributed by atoms with E-state index in [1.165, 1.54) is 0 Å². The number of anilines is 1. The number of nitrogens with one attached hydrogen (secondary N) is 1. The number of rotatable bonds is 3. The number of carbonyl (C=O) groups is 3. The maximum absolute atomic E-state index is 12.9. The molecule has 0 aliphatic carbocycles. The molecule has 1 N–H and O–H groups in total. The normalized spacial score (nSPS) is 30.6. The zero-order valence-electron chi connectivity index (χ0n) is 15.7. The lowest BCUT2D eigenvalue weighted by Gasteiger charge is -2.34. The molecule has 144 valence electrons. The van der Waals surface area contributed by atoms with Gasteiger partial charge in [0, 0.05) is 24.4 Å². The van der Waals surface area contributed by atoms with Crippen LogP contribution in [0.15, 0.2) is 24.3 Å². The van der Waals surface area contributed by atoms with Gasteiger partial charge in [-0.15, -0.1) is 11.8 Å². The van der Waals surface area contributed by atoms with Crippen LogP contribution in [0.1, 0.15) is 38.2 Å². The summed E-state index contributed by atoms with van der Waals surface area (Å²) < 4.78 is 0. The second-order valence-electron chi connectivity index (χ2n) is 7.79. The third-order valence-corrected chi connectivity index (χ3v) is 7.35. The minimum Gasteiger partial charge on any atom is -0.342 e. The number of piperidine rings is 1. The van der Waals surface area contributed by atoms with Crippen molar-refractivity contribution in [3.05, 3.63) is 29.8 Å². The number of amides is 3. The number of carbonyl (C=O) groups excluding carboxylic acids is 3. The second-order valence-corrected chi connectivity index (χ2v) is 9.30. The highest BCUT2D eigenvalue weighted by molar-refractivity contribution is 8.01. The molecule has 0 radical (unpaired) electrons. The fraction of sp³-hybridized carbons (Fsp3) is 0.550. The van der Waals surface area contributed by atoms with E-state index in [-0.39, 0.29) is 22.6 Å². The fourth-order valence-electron chi connectivity index (χ4n) is 4.27. The summed E-state index contributed by atoms with van der Waals surface area (Å²) in [5, 5.41) is 2.93. The Kier molecular flexibility index (Phi) is 4.66. The quantitative estimate of drug-likeness (QED) is 0.862. The van der Waals surface area contributed by atoms with Gasteiger partial charge < -0.3 is 15.1 Å². The Balaban J connectivity index is 1.46. The van der Waals surface area contributed by atoms with Crippen LogP contribution in [0.2, 0.25) is 0 Å². The maximum atomic E-state index is 12.9. The van der Waals surface area contributed by atoms with Crippen LogP contribution in [0.3, 0.4) is 0 Å². The second kappa shape index (κ2) is 6.86. The van der Waals surface area contributed by atoms with Crippen molar-refractivity contribution in [1.29, 1.82) is 0 Å². The van der Waals surface area contributed by atoms with Gasteiger partial charge in [-0.3, -0.25) is 14.4 Å². The van der Waals surface area contributed by atoms with Crippen molar-refractivity contribution in [1.82, 2.24) is 10.2 Å². The van der Waals surface area contributed by atoms with Crippen molar-refractivity contribution in [3.8, 4) is 0 Å². The van der Waals surface area contributed by atoms with Crippen LogP contribution < -0.4 is 10.2 Å². The average molecular weight is 388 g/mol. The van der Waals surface area contributed by atoms with Crippen LogP contribution in [0.25, 0.3) is 0 Å². The molecule has 3 amide bonds. The van der Waals surface area contributed by atoms with Gasteiger partial charge in [0.2, 0.25) is 17.7 Å². The Morgan fingerprint density at radius 2 is 2.00 bits per heavy atom. The highest BCUT2D eigenvalue weighted by atomic mass is 32.2. The first-order chi connectivity index (χ1) is 12.9. The van der Waals surface area contributed by atoms with E-state index in [0.29, 0.717) is 25.1 Å². The number of fused-ring (bicyclic) bond motifs is 1. The van der Waals surface area contributed by atoms with Crippen molar-refractivity contribution in [2.75, 3.05) is 17.2 Å². The van der Waals surface area contributed by atoms with Crippen LogP contribution in [-0.2, 0) is 14.4 Å². The predicted octanol–water partition coefficient (Wildman–Crippen LogP) is 2.06. The van der Waals surface area contributed by atoms with Crippen LogP contribution in [0.5, 0.6) is 0 Å².